The molecule has 2 saturated heterocycles. The molecule has 0 N–H and O–H groups in total. The standard InChI is InChI=1S/C20H28N6O2/c1-15-17(16(2)28-23-15)5-6-19(27)25-13-11-24(12-14-25)18-7-8-21-20(22-18)26-9-3-4-10-26/h7-8H,3-6,9-14H2,1-2H3. The zero-order valence-electron chi connectivity index (χ0n) is 16.7. The lowest BCUT2D eigenvalue weighted by Gasteiger charge is -2.35. The average Bonchev–Trinajstić information content (AvgIpc) is 3.37. The van der Waals surface area contributed by atoms with Crippen molar-refractivity contribution in [3.05, 3.63) is 29.3 Å². The molecule has 0 spiro atoms. The quantitative estimate of drug-likeness (QED) is 0.780. The van der Waals surface area contributed by atoms with Crippen molar-refractivity contribution in [3.63, 3.8) is 0 Å². The summed E-state index contributed by atoms with van der Waals surface area (Å²) in [6, 6.07) is 1.97. The van der Waals surface area contributed by atoms with Gasteiger partial charge in [0.05, 0.1) is 5.69 Å². The number of carbonyl (C=O) groups is 1. The van der Waals surface area contributed by atoms with Crippen LogP contribution in [0.15, 0.2) is 16.8 Å². The molecule has 8 heteroatoms. The molecule has 2 aromatic rings. The highest BCUT2D eigenvalue weighted by Gasteiger charge is 2.23. The van der Waals surface area contributed by atoms with E-state index >= 15 is 0 Å². The number of hydrogen-bond donors (Lipinski definition) is 0. The highest BCUT2D eigenvalue weighted by Crippen LogP contribution is 2.20. The number of rotatable bonds is 5. The monoisotopic (exact) mass is 384 g/mol. The topological polar surface area (TPSA) is 78.6 Å². The summed E-state index contributed by atoms with van der Waals surface area (Å²) < 4.78 is 5.19. The number of amides is 1. The minimum absolute atomic E-state index is 0.195. The van der Waals surface area contributed by atoms with Crippen molar-refractivity contribution in [1.29, 1.82) is 0 Å². The Labute approximate surface area is 165 Å². The number of aryl methyl sites for hydroxylation is 2. The summed E-state index contributed by atoms with van der Waals surface area (Å²) in [4.78, 5) is 28.3. The van der Waals surface area contributed by atoms with Gasteiger partial charge in [0, 0.05) is 57.4 Å². The molecule has 0 aliphatic carbocycles. The van der Waals surface area contributed by atoms with Crippen molar-refractivity contribution >= 4 is 17.7 Å². The van der Waals surface area contributed by atoms with Crippen molar-refractivity contribution in [3.8, 4) is 0 Å². The SMILES string of the molecule is Cc1noc(C)c1CCC(=O)N1CCN(c2ccnc(N3CCCC3)n2)CC1. The highest BCUT2D eigenvalue weighted by atomic mass is 16.5. The predicted octanol–water partition coefficient (Wildman–Crippen LogP) is 1.96. The molecule has 2 aliphatic heterocycles. The summed E-state index contributed by atoms with van der Waals surface area (Å²) >= 11 is 0. The first-order valence-corrected chi connectivity index (χ1v) is 10.1. The van der Waals surface area contributed by atoms with E-state index in [2.05, 4.69) is 19.9 Å². The predicted molar refractivity (Wildman–Crippen MR) is 107 cm³/mol. The molecule has 28 heavy (non-hydrogen) atoms. The molecule has 0 aromatic carbocycles. The molecule has 2 fully saturated rings. The van der Waals surface area contributed by atoms with E-state index in [0.717, 1.165) is 68.1 Å². The van der Waals surface area contributed by atoms with Gasteiger partial charge in [-0.05, 0) is 39.2 Å². The summed E-state index contributed by atoms with van der Waals surface area (Å²) in [5.41, 5.74) is 1.94. The summed E-state index contributed by atoms with van der Waals surface area (Å²) in [7, 11) is 0. The molecule has 0 unspecified atom stereocenters. The Kier molecular flexibility index (Phi) is 5.45. The average molecular weight is 384 g/mol. The minimum atomic E-state index is 0.195. The first-order chi connectivity index (χ1) is 13.6. The fraction of sp³-hybridized carbons (Fsp3) is 0.600. The Hall–Kier alpha value is -2.64. The number of anilines is 2. The fourth-order valence-electron chi connectivity index (χ4n) is 4.02. The molecule has 1 amide bonds. The summed E-state index contributed by atoms with van der Waals surface area (Å²) in [6.45, 7) is 8.95. The number of aromatic nitrogens is 3. The lowest BCUT2D eigenvalue weighted by atomic mass is 10.1. The molecule has 4 heterocycles. The lowest BCUT2D eigenvalue weighted by Crippen LogP contribution is -2.49. The molecule has 0 saturated carbocycles. The number of piperazine rings is 1. The van der Waals surface area contributed by atoms with Gasteiger partial charge in [-0.3, -0.25) is 4.79 Å². The van der Waals surface area contributed by atoms with Gasteiger partial charge >= 0.3 is 0 Å². The third kappa shape index (κ3) is 3.95. The molecule has 0 bridgehead atoms. The van der Waals surface area contributed by atoms with Crippen LogP contribution in [0.3, 0.4) is 0 Å². The van der Waals surface area contributed by atoms with Crippen LogP contribution in [-0.4, -0.2) is 65.2 Å². The van der Waals surface area contributed by atoms with Crippen LogP contribution in [0.1, 0.15) is 36.3 Å². The van der Waals surface area contributed by atoms with Crippen molar-refractivity contribution in [2.24, 2.45) is 0 Å². The van der Waals surface area contributed by atoms with Crippen LogP contribution in [0.5, 0.6) is 0 Å². The van der Waals surface area contributed by atoms with Crippen molar-refractivity contribution in [1.82, 2.24) is 20.0 Å². The molecule has 8 nitrogen and oxygen atoms in total. The zero-order valence-corrected chi connectivity index (χ0v) is 16.7. The van der Waals surface area contributed by atoms with E-state index in [1.165, 1.54) is 12.8 Å². The molecule has 2 aliphatic rings. The normalized spacial score (nSPS) is 17.4. The maximum absolute atomic E-state index is 12.6. The molecule has 0 atom stereocenters. The van der Waals surface area contributed by atoms with Gasteiger partial charge in [-0.15, -0.1) is 0 Å². The van der Waals surface area contributed by atoms with Gasteiger partial charge in [-0.2, -0.15) is 4.98 Å². The van der Waals surface area contributed by atoms with Gasteiger partial charge < -0.3 is 19.2 Å². The number of carbonyl (C=O) groups excluding carboxylic acids is 1. The Morgan fingerprint density at radius 2 is 1.82 bits per heavy atom. The second kappa shape index (κ2) is 8.16. The number of hydrogen-bond acceptors (Lipinski definition) is 7. The van der Waals surface area contributed by atoms with E-state index in [9.17, 15) is 4.79 Å². The first kappa shape index (κ1) is 18.7. The maximum atomic E-state index is 12.6. The molecular weight excluding hydrogens is 356 g/mol. The van der Waals surface area contributed by atoms with E-state index in [1.807, 2.05) is 31.0 Å². The molecule has 2 aromatic heterocycles. The van der Waals surface area contributed by atoms with Crippen LogP contribution in [0, 0.1) is 13.8 Å². The van der Waals surface area contributed by atoms with E-state index < -0.39 is 0 Å². The molecular formula is C20H28N6O2. The van der Waals surface area contributed by atoms with Crippen LogP contribution >= 0.6 is 0 Å². The summed E-state index contributed by atoms with van der Waals surface area (Å²) in [6.07, 6.45) is 5.45. The van der Waals surface area contributed by atoms with Gasteiger partial charge in [0.2, 0.25) is 11.9 Å². The Balaban J connectivity index is 1.30. The van der Waals surface area contributed by atoms with Gasteiger partial charge in [-0.1, -0.05) is 5.16 Å². The lowest BCUT2D eigenvalue weighted by molar-refractivity contribution is -0.131. The van der Waals surface area contributed by atoms with E-state index in [1.54, 1.807) is 0 Å². The largest absolute Gasteiger partial charge is 0.361 e. The zero-order chi connectivity index (χ0) is 19.5. The third-order valence-corrected chi connectivity index (χ3v) is 5.74. The Bertz CT molecular complexity index is 802. The van der Waals surface area contributed by atoms with Crippen molar-refractivity contribution < 1.29 is 9.32 Å². The summed E-state index contributed by atoms with van der Waals surface area (Å²) in [5, 5.41) is 3.96. The second-order valence-electron chi connectivity index (χ2n) is 7.58. The third-order valence-electron chi connectivity index (χ3n) is 5.74. The van der Waals surface area contributed by atoms with Crippen molar-refractivity contribution in [2.75, 3.05) is 49.1 Å². The highest BCUT2D eigenvalue weighted by molar-refractivity contribution is 5.76. The molecule has 4 rings (SSSR count). The number of nitrogens with zero attached hydrogens (tertiary/aromatic N) is 6. The van der Waals surface area contributed by atoms with Gasteiger partial charge in [0.1, 0.15) is 11.6 Å². The van der Waals surface area contributed by atoms with Crippen LogP contribution in [-0.2, 0) is 11.2 Å². The summed E-state index contributed by atoms with van der Waals surface area (Å²) in [5.74, 6) is 2.79. The van der Waals surface area contributed by atoms with Crippen LogP contribution in [0.4, 0.5) is 11.8 Å². The van der Waals surface area contributed by atoms with Gasteiger partial charge in [-0.25, -0.2) is 4.98 Å². The van der Waals surface area contributed by atoms with Crippen molar-refractivity contribution in [2.45, 2.75) is 39.5 Å². The molecule has 150 valence electrons. The van der Waals surface area contributed by atoms with Gasteiger partial charge in [0.15, 0.2) is 0 Å². The first-order valence-electron chi connectivity index (χ1n) is 10.1. The van der Waals surface area contributed by atoms with Gasteiger partial charge in [0.25, 0.3) is 0 Å². The maximum Gasteiger partial charge on any atom is 0.227 e. The Morgan fingerprint density at radius 3 is 2.50 bits per heavy atom. The fourth-order valence-corrected chi connectivity index (χ4v) is 4.02. The van der Waals surface area contributed by atoms with E-state index in [0.29, 0.717) is 12.8 Å². The smallest absolute Gasteiger partial charge is 0.227 e. The van der Waals surface area contributed by atoms with Crippen LogP contribution in [0.25, 0.3) is 0 Å². The Morgan fingerprint density at radius 1 is 1.07 bits per heavy atom. The second-order valence-corrected chi connectivity index (χ2v) is 7.58. The van der Waals surface area contributed by atoms with Crippen LogP contribution < -0.4 is 9.80 Å². The van der Waals surface area contributed by atoms with E-state index in [4.69, 9.17) is 9.51 Å². The van der Waals surface area contributed by atoms with Crippen LogP contribution in [0.2, 0.25) is 0 Å². The minimum Gasteiger partial charge on any atom is -0.361 e. The van der Waals surface area contributed by atoms with E-state index in [-0.39, 0.29) is 5.91 Å². The molecule has 0 radical (unpaired) electrons.